The summed E-state index contributed by atoms with van der Waals surface area (Å²) in [4.78, 5) is 14.1. The van der Waals surface area contributed by atoms with E-state index in [-0.39, 0.29) is 12.1 Å². The van der Waals surface area contributed by atoms with Crippen molar-refractivity contribution >= 4 is 23.4 Å². The molecule has 1 aliphatic rings. The molecule has 25 heavy (non-hydrogen) atoms. The van der Waals surface area contributed by atoms with Gasteiger partial charge in [-0.25, -0.2) is 4.79 Å². The van der Waals surface area contributed by atoms with E-state index in [4.69, 9.17) is 17.0 Å². The molecule has 0 spiro atoms. The van der Waals surface area contributed by atoms with Gasteiger partial charge < -0.3 is 20.3 Å². The number of carbonyl (C=O) groups excluding carboxylic acids is 1. The van der Waals surface area contributed by atoms with Crippen LogP contribution in [0.15, 0.2) is 30.3 Å². The first-order valence-corrected chi connectivity index (χ1v) is 9.19. The minimum absolute atomic E-state index is 0.0591. The number of nitrogens with zero attached hydrogens (tertiary/aromatic N) is 1. The molecule has 1 saturated carbocycles. The van der Waals surface area contributed by atoms with Crippen molar-refractivity contribution in [3.63, 3.8) is 0 Å². The summed E-state index contributed by atoms with van der Waals surface area (Å²) in [6.07, 6.45) is 2.76. The Kier molecular flexibility index (Phi) is 6.64. The molecule has 1 fully saturated rings. The molecular weight excluding hydrogens is 334 g/mol. The molecule has 1 atom stereocenters. The van der Waals surface area contributed by atoms with Crippen LogP contribution in [0.4, 0.5) is 4.79 Å². The Morgan fingerprint density at radius 3 is 2.52 bits per heavy atom. The maximum atomic E-state index is 12.5. The molecule has 0 radical (unpaired) electrons. The minimum atomic E-state index is -0.515. The van der Waals surface area contributed by atoms with Gasteiger partial charge in [0.25, 0.3) is 0 Å². The van der Waals surface area contributed by atoms with Crippen LogP contribution in [-0.2, 0) is 11.2 Å². The van der Waals surface area contributed by atoms with Gasteiger partial charge in [0.2, 0.25) is 0 Å². The van der Waals surface area contributed by atoms with Gasteiger partial charge in [0, 0.05) is 19.6 Å². The average Bonchev–Trinajstić information content (AvgIpc) is 3.34. The summed E-state index contributed by atoms with van der Waals surface area (Å²) in [5.41, 5.74) is 0.657. The third-order valence-electron chi connectivity index (χ3n) is 3.95. The highest BCUT2D eigenvalue weighted by Gasteiger charge is 2.26. The lowest BCUT2D eigenvalue weighted by Gasteiger charge is -2.31. The quantitative estimate of drug-likeness (QED) is 0.761. The van der Waals surface area contributed by atoms with E-state index in [2.05, 4.69) is 22.8 Å². The number of thiocarbonyl (C=S) groups is 1. The fourth-order valence-electron chi connectivity index (χ4n) is 2.39. The Hall–Kier alpha value is -1.82. The van der Waals surface area contributed by atoms with Crippen molar-refractivity contribution in [3.8, 4) is 0 Å². The van der Waals surface area contributed by atoms with Crippen molar-refractivity contribution in [1.82, 2.24) is 15.5 Å². The van der Waals surface area contributed by atoms with E-state index in [1.807, 2.05) is 39.0 Å². The van der Waals surface area contributed by atoms with Crippen molar-refractivity contribution in [2.24, 2.45) is 0 Å². The number of amides is 1. The highest BCUT2D eigenvalue weighted by molar-refractivity contribution is 7.80. The van der Waals surface area contributed by atoms with Crippen LogP contribution in [0.1, 0.15) is 39.2 Å². The van der Waals surface area contributed by atoms with Gasteiger partial charge in [-0.3, -0.25) is 0 Å². The number of rotatable bonds is 6. The first-order chi connectivity index (χ1) is 11.7. The number of hydrogen-bond donors (Lipinski definition) is 2. The molecule has 2 rings (SSSR count). The fourth-order valence-corrected chi connectivity index (χ4v) is 2.64. The molecule has 1 aromatic rings. The minimum Gasteiger partial charge on any atom is -0.444 e. The summed E-state index contributed by atoms with van der Waals surface area (Å²) in [7, 11) is 1.78. The second-order valence-electron chi connectivity index (χ2n) is 7.56. The SMILES string of the molecule is CN(C(=O)OC(C)(C)C)C(CNC(=S)NC1CC1)Cc1ccccc1. The third kappa shape index (κ3) is 7.30. The normalized spacial score (nSPS) is 15.2. The van der Waals surface area contributed by atoms with Gasteiger partial charge >= 0.3 is 6.09 Å². The third-order valence-corrected chi connectivity index (χ3v) is 4.22. The van der Waals surface area contributed by atoms with Crippen LogP contribution in [0.3, 0.4) is 0 Å². The number of ether oxygens (including phenoxy) is 1. The van der Waals surface area contributed by atoms with Crippen LogP contribution >= 0.6 is 12.2 Å². The largest absolute Gasteiger partial charge is 0.444 e. The van der Waals surface area contributed by atoms with Crippen molar-refractivity contribution < 1.29 is 9.53 Å². The second kappa shape index (κ2) is 8.52. The molecule has 2 N–H and O–H groups in total. The number of likely N-dealkylation sites (N-methyl/N-ethyl adjacent to an activating group) is 1. The zero-order valence-corrected chi connectivity index (χ0v) is 16.4. The molecule has 5 nitrogen and oxygen atoms in total. The first kappa shape index (κ1) is 19.5. The van der Waals surface area contributed by atoms with E-state index in [1.165, 1.54) is 18.4 Å². The van der Waals surface area contributed by atoms with Gasteiger partial charge in [0.05, 0.1) is 6.04 Å². The smallest absolute Gasteiger partial charge is 0.410 e. The van der Waals surface area contributed by atoms with E-state index >= 15 is 0 Å². The number of benzene rings is 1. The van der Waals surface area contributed by atoms with Crippen LogP contribution in [0.5, 0.6) is 0 Å². The number of carbonyl (C=O) groups is 1. The molecule has 0 bridgehead atoms. The maximum Gasteiger partial charge on any atom is 0.410 e. The first-order valence-electron chi connectivity index (χ1n) is 8.78. The molecule has 1 amide bonds. The topological polar surface area (TPSA) is 53.6 Å². The van der Waals surface area contributed by atoms with E-state index in [0.717, 1.165) is 6.42 Å². The maximum absolute atomic E-state index is 12.5. The van der Waals surface area contributed by atoms with Crippen LogP contribution in [0.25, 0.3) is 0 Å². The zero-order valence-electron chi connectivity index (χ0n) is 15.5. The highest BCUT2D eigenvalue weighted by atomic mass is 32.1. The fraction of sp³-hybridized carbons (Fsp3) is 0.579. The van der Waals surface area contributed by atoms with E-state index < -0.39 is 5.60 Å². The molecule has 1 unspecified atom stereocenters. The molecule has 0 heterocycles. The Labute approximate surface area is 156 Å². The van der Waals surface area contributed by atoms with E-state index in [0.29, 0.717) is 17.7 Å². The lowest BCUT2D eigenvalue weighted by Crippen LogP contribution is -2.49. The van der Waals surface area contributed by atoms with Gasteiger partial charge in [-0.2, -0.15) is 0 Å². The Bertz CT molecular complexity index is 582. The number of hydrogen-bond acceptors (Lipinski definition) is 3. The van der Waals surface area contributed by atoms with E-state index in [9.17, 15) is 4.79 Å². The van der Waals surface area contributed by atoms with Gasteiger partial charge in [0.1, 0.15) is 5.60 Å². The van der Waals surface area contributed by atoms with Gasteiger partial charge in [-0.15, -0.1) is 0 Å². The van der Waals surface area contributed by atoms with Crippen LogP contribution < -0.4 is 10.6 Å². The summed E-state index contributed by atoms with van der Waals surface area (Å²) in [5.74, 6) is 0. The van der Waals surface area contributed by atoms with Crippen LogP contribution in [0, 0.1) is 0 Å². The van der Waals surface area contributed by atoms with E-state index in [1.54, 1.807) is 11.9 Å². The lowest BCUT2D eigenvalue weighted by molar-refractivity contribution is 0.0225. The monoisotopic (exact) mass is 363 g/mol. The summed E-state index contributed by atoms with van der Waals surface area (Å²) in [5, 5.41) is 7.16. The van der Waals surface area contributed by atoms with Crippen molar-refractivity contribution in [2.45, 2.75) is 57.7 Å². The molecular formula is C19H29N3O2S. The van der Waals surface area contributed by atoms with Gasteiger partial charge in [0.15, 0.2) is 5.11 Å². The summed E-state index contributed by atoms with van der Waals surface area (Å²) in [6.45, 7) is 6.19. The van der Waals surface area contributed by atoms with Crippen LogP contribution in [-0.4, -0.2) is 47.4 Å². The Balaban J connectivity index is 1.99. The number of nitrogens with one attached hydrogen (secondary N) is 2. The molecule has 1 aromatic carbocycles. The standard InChI is InChI=1S/C19H29N3O2S/c1-19(2,3)24-18(23)22(4)16(12-14-8-6-5-7-9-14)13-20-17(25)21-15-10-11-15/h5-9,15-16H,10-13H2,1-4H3,(H2,20,21,25). The predicted octanol–water partition coefficient (Wildman–Crippen LogP) is 3.09. The average molecular weight is 364 g/mol. The van der Waals surface area contributed by atoms with Crippen LogP contribution in [0.2, 0.25) is 0 Å². The zero-order chi connectivity index (χ0) is 18.4. The highest BCUT2D eigenvalue weighted by Crippen LogP contribution is 2.18. The predicted molar refractivity (Wildman–Crippen MR) is 105 cm³/mol. The van der Waals surface area contributed by atoms with Gasteiger partial charge in [-0.1, -0.05) is 30.3 Å². The molecule has 1 aliphatic carbocycles. The summed E-state index contributed by atoms with van der Waals surface area (Å²) < 4.78 is 5.51. The van der Waals surface area contributed by atoms with Gasteiger partial charge in [-0.05, 0) is 57.8 Å². The Morgan fingerprint density at radius 2 is 1.96 bits per heavy atom. The molecule has 0 aromatic heterocycles. The molecule has 138 valence electrons. The second-order valence-corrected chi connectivity index (χ2v) is 7.97. The lowest BCUT2D eigenvalue weighted by atomic mass is 10.1. The van der Waals surface area contributed by atoms with Crippen molar-refractivity contribution in [2.75, 3.05) is 13.6 Å². The molecule has 0 aliphatic heterocycles. The molecule has 6 heteroatoms. The molecule has 0 saturated heterocycles. The van der Waals surface area contributed by atoms with Crippen molar-refractivity contribution in [1.29, 1.82) is 0 Å². The Morgan fingerprint density at radius 1 is 1.32 bits per heavy atom. The summed E-state index contributed by atoms with van der Waals surface area (Å²) in [6, 6.07) is 10.6. The summed E-state index contributed by atoms with van der Waals surface area (Å²) >= 11 is 5.34. The van der Waals surface area contributed by atoms with Crippen molar-refractivity contribution in [3.05, 3.63) is 35.9 Å².